The molecule has 1 aromatic heterocycles. The number of methoxy groups -OCH3 is 1. The van der Waals surface area contributed by atoms with Crippen molar-refractivity contribution in [2.75, 3.05) is 18.6 Å². The fourth-order valence-electron chi connectivity index (χ4n) is 5.58. The molecule has 2 N–H and O–H groups in total. The van der Waals surface area contributed by atoms with Gasteiger partial charge in [0.25, 0.3) is 11.8 Å². The predicted octanol–water partition coefficient (Wildman–Crippen LogP) is 4.58. The molecule has 0 radical (unpaired) electrons. The van der Waals surface area contributed by atoms with Crippen molar-refractivity contribution in [1.29, 1.82) is 0 Å². The molecule has 1 fully saturated rings. The van der Waals surface area contributed by atoms with Crippen molar-refractivity contribution in [3.63, 3.8) is 0 Å². The van der Waals surface area contributed by atoms with E-state index >= 15 is 0 Å². The number of hydrogen-bond acceptors (Lipinski definition) is 4. The van der Waals surface area contributed by atoms with E-state index in [0.717, 1.165) is 32.6 Å². The molecule has 2 aliphatic rings. The number of nitrogens with one attached hydrogen (secondary N) is 2. The summed E-state index contributed by atoms with van der Waals surface area (Å²) < 4.78 is 5.47. The van der Waals surface area contributed by atoms with Gasteiger partial charge in [0.1, 0.15) is 17.8 Å². The second-order valence-corrected chi connectivity index (χ2v) is 9.34. The van der Waals surface area contributed by atoms with E-state index in [-0.39, 0.29) is 29.6 Å². The minimum Gasteiger partial charge on any atom is -0.497 e. The van der Waals surface area contributed by atoms with Crippen LogP contribution in [0.25, 0.3) is 10.9 Å². The summed E-state index contributed by atoms with van der Waals surface area (Å²) in [6.45, 7) is 3.90. The Morgan fingerprint density at radius 1 is 1.11 bits per heavy atom. The number of urea groups is 1. The third-order valence-corrected chi connectivity index (χ3v) is 7.26. The number of para-hydroxylation sites is 2. The molecule has 0 saturated carbocycles. The van der Waals surface area contributed by atoms with Crippen molar-refractivity contribution in [1.82, 2.24) is 15.2 Å². The molecule has 6 rings (SSSR count). The van der Waals surface area contributed by atoms with E-state index in [1.807, 2.05) is 48.5 Å². The molecule has 4 aromatic rings. The molecular formula is C30H26N4O4. The lowest BCUT2D eigenvalue weighted by Gasteiger charge is -2.36. The number of hydrogen-bond donors (Lipinski definition) is 2. The maximum atomic E-state index is 14.1. The molecule has 0 spiro atoms. The number of imide groups is 1. The van der Waals surface area contributed by atoms with Crippen LogP contribution in [0.5, 0.6) is 5.75 Å². The Kier molecular flexibility index (Phi) is 5.72. The number of ether oxygens (including phenoxy) is 1. The van der Waals surface area contributed by atoms with Gasteiger partial charge in [-0.15, -0.1) is 6.58 Å². The monoisotopic (exact) mass is 506 g/mol. The zero-order valence-corrected chi connectivity index (χ0v) is 20.8. The van der Waals surface area contributed by atoms with Crippen molar-refractivity contribution in [2.24, 2.45) is 0 Å². The Morgan fingerprint density at radius 2 is 1.89 bits per heavy atom. The van der Waals surface area contributed by atoms with Crippen molar-refractivity contribution in [3.05, 3.63) is 108 Å². The van der Waals surface area contributed by atoms with Gasteiger partial charge in [-0.25, -0.2) is 9.69 Å². The van der Waals surface area contributed by atoms with Crippen LogP contribution in [0.1, 0.15) is 33.2 Å². The summed E-state index contributed by atoms with van der Waals surface area (Å²) in [5.74, 6) is -0.0873. The highest BCUT2D eigenvalue weighted by Crippen LogP contribution is 2.45. The second kappa shape index (κ2) is 9.23. The maximum Gasteiger partial charge on any atom is 0.332 e. The van der Waals surface area contributed by atoms with Crippen molar-refractivity contribution in [3.8, 4) is 5.75 Å². The molecule has 2 aliphatic heterocycles. The Hall–Kier alpha value is -4.85. The topological polar surface area (TPSA) is 94.7 Å². The number of carbonyl (C=O) groups is 3. The van der Waals surface area contributed by atoms with E-state index in [9.17, 15) is 14.4 Å². The summed E-state index contributed by atoms with van der Waals surface area (Å²) >= 11 is 0. The molecule has 1 saturated heterocycles. The first-order valence-electron chi connectivity index (χ1n) is 12.4. The van der Waals surface area contributed by atoms with Gasteiger partial charge >= 0.3 is 6.03 Å². The van der Waals surface area contributed by atoms with E-state index < -0.39 is 18.1 Å². The van der Waals surface area contributed by atoms with Crippen molar-refractivity contribution in [2.45, 2.75) is 18.5 Å². The van der Waals surface area contributed by atoms with Crippen LogP contribution in [0.4, 0.5) is 10.5 Å². The molecule has 2 unspecified atom stereocenters. The van der Waals surface area contributed by atoms with Crippen LogP contribution >= 0.6 is 0 Å². The second-order valence-electron chi connectivity index (χ2n) is 9.34. The van der Waals surface area contributed by atoms with E-state index in [2.05, 4.69) is 16.9 Å². The van der Waals surface area contributed by atoms with Crippen LogP contribution in [0.3, 0.4) is 0 Å². The van der Waals surface area contributed by atoms with Gasteiger partial charge in [-0.3, -0.25) is 14.5 Å². The quantitative estimate of drug-likeness (QED) is 0.296. The van der Waals surface area contributed by atoms with Crippen molar-refractivity contribution < 1.29 is 19.1 Å². The number of anilines is 1. The molecular weight excluding hydrogens is 480 g/mol. The van der Waals surface area contributed by atoms with E-state index in [4.69, 9.17) is 4.74 Å². The highest BCUT2D eigenvalue weighted by Gasteiger charge is 2.53. The summed E-state index contributed by atoms with van der Waals surface area (Å²) in [5.41, 5.74) is 4.16. The SMILES string of the molecule is C=CCNC(=O)c1ccccc1N1C(=O)C2Cc3c([nH]c4ccccc34)C(c3cccc(OC)c3)N2C1=O. The average molecular weight is 507 g/mol. The zero-order chi connectivity index (χ0) is 26.4. The normalized spacial score (nSPS) is 18.3. The molecule has 3 heterocycles. The lowest BCUT2D eigenvalue weighted by Crippen LogP contribution is -2.44. The third-order valence-electron chi connectivity index (χ3n) is 7.26. The number of fused-ring (bicyclic) bond motifs is 4. The van der Waals surface area contributed by atoms with E-state index in [1.54, 1.807) is 42.4 Å². The minimum atomic E-state index is -0.727. The Balaban J connectivity index is 1.50. The van der Waals surface area contributed by atoms with Gasteiger partial charge in [0, 0.05) is 29.6 Å². The highest BCUT2D eigenvalue weighted by molar-refractivity contribution is 6.24. The Labute approximate surface area is 219 Å². The Morgan fingerprint density at radius 3 is 2.71 bits per heavy atom. The van der Waals surface area contributed by atoms with Crippen molar-refractivity contribution >= 4 is 34.4 Å². The molecule has 8 nitrogen and oxygen atoms in total. The smallest absolute Gasteiger partial charge is 0.332 e. The molecule has 190 valence electrons. The number of aromatic nitrogens is 1. The largest absolute Gasteiger partial charge is 0.497 e. The Bertz CT molecular complexity index is 1610. The molecule has 4 amide bonds. The standard InChI is InChI=1S/C30H26N4O4/c1-3-15-31-28(35)21-12-5-7-14-24(21)34-29(36)25-17-22-20-11-4-6-13-23(20)32-26(22)27(33(25)30(34)37)18-9-8-10-19(16-18)38-2/h3-14,16,25,27,32H,1,15,17H2,2H3,(H,31,35). The summed E-state index contributed by atoms with van der Waals surface area (Å²) in [5, 5.41) is 3.77. The summed E-state index contributed by atoms with van der Waals surface area (Å²) in [6.07, 6.45) is 1.94. The average Bonchev–Trinajstić information content (AvgIpc) is 3.44. The van der Waals surface area contributed by atoms with Crippen LogP contribution in [-0.2, 0) is 11.2 Å². The fourth-order valence-corrected chi connectivity index (χ4v) is 5.58. The van der Waals surface area contributed by atoms with Crippen LogP contribution < -0.4 is 15.0 Å². The molecule has 0 bridgehead atoms. The fraction of sp³-hybridized carbons (Fsp3) is 0.167. The lowest BCUT2D eigenvalue weighted by atomic mass is 9.89. The van der Waals surface area contributed by atoms with E-state index in [0.29, 0.717) is 12.2 Å². The van der Waals surface area contributed by atoms with Gasteiger partial charge in [-0.2, -0.15) is 0 Å². The van der Waals surface area contributed by atoms with Gasteiger partial charge in [0.05, 0.1) is 18.4 Å². The minimum absolute atomic E-state index is 0.248. The molecule has 8 heteroatoms. The predicted molar refractivity (Wildman–Crippen MR) is 144 cm³/mol. The first kappa shape index (κ1) is 23.5. The van der Waals surface area contributed by atoms with E-state index in [1.165, 1.54) is 0 Å². The van der Waals surface area contributed by atoms with Crippen LogP contribution in [0, 0.1) is 0 Å². The lowest BCUT2D eigenvalue weighted by molar-refractivity contribution is -0.120. The number of benzene rings is 3. The van der Waals surface area contributed by atoms with Gasteiger partial charge in [0.15, 0.2) is 0 Å². The molecule has 2 atom stereocenters. The summed E-state index contributed by atoms with van der Waals surface area (Å²) in [4.78, 5) is 47.3. The van der Waals surface area contributed by atoms with Gasteiger partial charge in [-0.05, 0) is 41.5 Å². The number of aromatic amines is 1. The first-order chi connectivity index (χ1) is 18.5. The first-order valence-corrected chi connectivity index (χ1v) is 12.4. The zero-order valence-electron chi connectivity index (χ0n) is 20.8. The maximum absolute atomic E-state index is 14.1. The summed E-state index contributed by atoms with van der Waals surface area (Å²) in [7, 11) is 1.60. The van der Waals surface area contributed by atoms with Gasteiger partial charge < -0.3 is 15.0 Å². The van der Waals surface area contributed by atoms with Crippen LogP contribution in [-0.4, -0.2) is 47.4 Å². The van der Waals surface area contributed by atoms with Crippen LogP contribution in [0.2, 0.25) is 0 Å². The van der Waals surface area contributed by atoms with Gasteiger partial charge in [-0.1, -0.05) is 48.5 Å². The molecule has 3 aromatic carbocycles. The van der Waals surface area contributed by atoms with Crippen LogP contribution in [0.15, 0.2) is 85.5 Å². The number of carbonyl (C=O) groups excluding carboxylic acids is 3. The number of nitrogens with zero attached hydrogens (tertiary/aromatic N) is 2. The third kappa shape index (κ3) is 3.56. The summed E-state index contributed by atoms with van der Waals surface area (Å²) in [6, 6.07) is 20.4. The number of H-pyrrole nitrogens is 1. The van der Waals surface area contributed by atoms with Gasteiger partial charge in [0.2, 0.25) is 0 Å². The number of rotatable bonds is 6. The molecule has 38 heavy (non-hydrogen) atoms. The highest BCUT2D eigenvalue weighted by atomic mass is 16.5. The molecule has 0 aliphatic carbocycles. The number of amides is 4.